The molecule has 0 bridgehead atoms. The molecular weight excluding hydrogens is 370 g/mol. The normalized spacial score (nSPS) is 10.5. The van der Waals surface area contributed by atoms with Crippen molar-refractivity contribution in [2.75, 3.05) is 0 Å². The summed E-state index contributed by atoms with van der Waals surface area (Å²) in [5.41, 5.74) is 5.65. The van der Waals surface area contributed by atoms with Gasteiger partial charge in [0, 0.05) is 11.6 Å². The van der Waals surface area contributed by atoms with Crippen LogP contribution < -0.4 is 15.6 Å². The summed E-state index contributed by atoms with van der Waals surface area (Å²) in [4.78, 5) is 28.9. The number of furan rings is 1. The number of carbonyl (C=O) groups excluding carboxylic acids is 2. The van der Waals surface area contributed by atoms with E-state index in [1.165, 1.54) is 6.07 Å². The molecule has 4 rings (SSSR count). The zero-order chi connectivity index (χ0) is 20.1. The van der Waals surface area contributed by atoms with Crippen molar-refractivity contribution in [3.63, 3.8) is 0 Å². The van der Waals surface area contributed by atoms with E-state index >= 15 is 0 Å². The molecule has 0 fully saturated rings. The van der Waals surface area contributed by atoms with Gasteiger partial charge in [0.15, 0.2) is 5.76 Å². The fourth-order valence-corrected chi connectivity index (χ4v) is 2.78. The maximum atomic E-state index is 12.4. The van der Waals surface area contributed by atoms with Crippen LogP contribution in [0.4, 0.5) is 0 Å². The van der Waals surface area contributed by atoms with Crippen LogP contribution in [0.15, 0.2) is 83.4 Å². The van der Waals surface area contributed by atoms with E-state index in [2.05, 4.69) is 15.8 Å². The largest absolute Gasteiger partial charge is 0.486 e. The molecule has 0 radical (unpaired) electrons. The Morgan fingerprint density at radius 3 is 2.52 bits per heavy atom. The molecule has 7 nitrogen and oxygen atoms in total. The van der Waals surface area contributed by atoms with Crippen LogP contribution in [-0.4, -0.2) is 16.8 Å². The highest BCUT2D eigenvalue weighted by Gasteiger charge is 2.15. The van der Waals surface area contributed by atoms with Crippen LogP contribution >= 0.6 is 0 Å². The van der Waals surface area contributed by atoms with E-state index in [4.69, 9.17) is 9.15 Å². The number of para-hydroxylation sites is 2. The molecule has 0 aliphatic heterocycles. The zero-order valence-corrected chi connectivity index (χ0v) is 15.3. The Morgan fingerprint density at radius 1 is 0.862 bits per heavy atom. The summed E-state index contributed by atoms with van der Waals surface area (Å²) in [6.45, 7) is 0.186. The van der Waals surface area contributed by atoms with Gasteiger partial charge in [-0.3, -0.25) is 25.4 Å². The van der Waals surface area contributed by atoms with E-state index in [1.54, 1.807) is 30.5 Å². The zero-order valence-electron chi connectivity index (χ0n) is 15.3. The highest BCUT2D eigenvalue weighted by Crippen LogP contribution is 2.16. The molecule has 144 valence electrons. The number of hydrogen-bond donors (Lipinski definition) is 2. The number of rotatable bonds is 5. The fraction of sp³-hybridized carbons (Fsp3) is 0.0455. The topological polar surface area (TPSA) is 93.5 Å². The van der Waals surface area contributed by atoms with E-state index < -0.39 is 11.8 Å². The van der Waals surface area contributed by atoms with Gasteiger partial charge in [0.05, 0.1) is 11.1 Å². The van der Waals surface area contributed by atoms with E-state index in [-0.39, 0.29) is 12.4 Å². The first-order chi connectivity index (χ1) is 14.2. The van der Waals surface area contributed by atoms with Gasteiger partial charge in [-0.05, 0) is 36.4 Å². The summed E-state index contributed by atoms with van der Waals surface area (Å²) in [6.07, 6.45) is 1.61. The summed E-state index contributed by atoms with van der Waals surface area (Å²) in [5.74, 6) is 0.210. The Hall–Kier alpha value is -4.13. The quantitative estimate of drug-likeness (QED) is 0.512. The molecule has 2 N–H and O–H groups in total. The molecule has 0 aliphatic rings. The highest BCUT2D eigenvalue weighted by atomic mass is 16.5. The third kappa shape index (κ3) is 4.24. The van der Waals surface area contributed by atoms with Crippen molar-refractivity contribution in [3.8, 4) is 5.75 Å². The van der Waals surface area contributed by atoms with Gasteiger partial charge in [-0.2, -0.15) is 0 Å². The lowest BCUT2D eigenvalue weighted by Crippen LogP contribution is -2.41. The molecule has 2 aromatic heterocycles. The molecule has 0 unspecified atom stereocenters. The van der Waals surface area contributed by atoms with Gasteiger partial charge >= 0.3 is 5.91 Å². The van der Waals surface area contributed by atoms with E-state index in [0.717, 1.165) is 5.39 Å². The Bertz CT molecular complexity index is 1150. The van der Waals surface area contributed by atoms with Gasteiger partial charge in [-0.15, -0.1) is 0 Å². The van der Waals surface area contributed by atoms with Gasteiger partial charge in [-0.25, -0.2) is 0 Å². The van der Waals surface area contributed by atoms with Crippen LogP contribution in [-0.2, 0) is 6.61 Å². The fourth-order valence-electron chi connectivity index (χ4n) is 2.78. The third-order valence-corrected chi connectivity index (χ3v) is 4.18. The Labute approximate surface area is 166 Å². The second-order valence-electron chi connectivity index (χ2n) is 6.16. The summed E-state index contributed by atoms with van der Waals surface area (Å²) in [7, 11) is 0. The van der Waals surface area contributed by atoms with Crippen LogP contribution in [0.2, 0.25) is 0 Å². The summed E-state index contributed by atoms with van der Waals surface area (Å²) < 4.78 is 11.1. The molecule has 2 amide bonds. The number of nitrogens with one attached hydrogen (secondary N) is 2. The van der Waals surface area contributed by atoms with E-state index in [0.29, 0.717) is 22.6 Å². The molecule has 0 saturated carbocycles. The number of nitrogens with zero attached hydrogens (tertiary/aromatic N) is 1. The number of amides is 2. The number of fused-ring (bicyclic) bond motifs is 1. The van der Waals surface area contributed by atoms with Crippen LogP contribution in [0.5, 0.6) is 5.75 Å². The minimum absolute atomic E-state index is 0.0630. The number of aromatic nitrogens is 1. The number of hydrazine groups is 1. The highest BCUT2D eigenvalue weighted by molar-refractivity contribution is 6.06. The average Bonchev–Trinajstić information content (AvgIpc) is 3.25. The predicted octanol–water partition coefficient (Wildman–Crippen LogP) is 3.48. The lowest BCUT2D eigenvalue weighted by atomic mass is 10.1. The van der Waals surface area contributed by atoms with Gasteiger partial charge in [0.25, 0.3) is 5.91 Å². The van der Waals surface area contributed by atoms with Crippen molar-refractivity contribution in [3.05, 3.63) is 96.1 Å². The lowest BCUT2D eigenvalue weighted by Gasteiger charge is -2.08. The van der Waals surface area contributed by atoms with Crippen molar-refractivity contribution < 1.29 is 18.7 Å². The first-order valence-electron chi connectivity index (χ1n) is 8.92. The van der Waals surface area contributed by atoms with Crippen LogP contribution in [0.3, 0.4) is 0 Å². The first-order valence-corrected chi connectivity index (χ1v) is 8.92. The standard InChI is InChI=1S/C22H17N3O4/c26-21(18-10-4-6-15-7-5-13-23-20(15)18)24-25-22(27)19-12-11-17(29-19)14-28-16-8-2-1-3-9-16/h1-13H,14H2,(H,24,26)(H,25,27). The Kier molecular flexibility index (Phi) is 5.20. The van der Waals surface area contributed by atoms with Gasteiger partial charge in [0.2, 0.25) is 0 Å². The molecule has 0 spiro atoms. The summed E-state index contributed by atoms with van der Waals surface area (Å²) >= 11 is 0. The molecule has 0 aliphatic carbocycles. The van der Waals surface area contributed by atoms with Gasteiger partial charge < -0.3 is 9.15 Å². The van der Waals surface area contributed by atoms with Crippen molar-refractivity contribution >= 4 is 22.7 Å². The second kappa shape index (κ2) is 8.26. The molecule has 7 heteroatoms. The Morgan fingerprint density at radius 2 is 1.66 bits per heavy atom. The van der Waals surface area contributed by atoms with E-state index in [9.17, 15) is 9.59 Å². The second-order valence-corrected chi connectivity index (χ2v) is 6.16. The maximum absolute atomic E-state index is 12.4. The first kappa shape index (κ1) is 18.2. The number of benzene rings is 2. The van der Waals surface area contributed by atoms with Crippen molar-refractivity contribution in [2.24, 2.45) is 0 Å². The molecule has 2 heterocycles. The number of ether oxygens (including phenoxy) is 1. The average molecular weight is 387 g/mol. The van der Waals surface area contributed by atoms with Crippen LogP contribution in [0, 0.1) is 0 Å². The molecule has 0 saturated heterocycles. The summed E-state index contributed by atoms with van der Waals surface area (Å²) in [6, 6.07) is 21.4. The molecule has 2 aromatic carbocycles. The SMILES string of the molecule is O=C(NNC(=O)c1cccc2cccnc12)c1ccc(COc2ccccc2)o1. The molecule has 29 heavy (non-hydrogen) atoms. The number of hydrogen-bond acceptors (Lipinski definition) is 5. The summed E-state index contributed by atoms with van der Waals surface area (Å²) in [5, 5.41) is 0.834. The van der Waals surface area contributed by atoms with Crippen molar-refractivity contribution in [1.29, 1.82) is 0 Å². The Balaban J connectivity index is 1.36. The number of carbonyl (C=O) groups is 2. The molecule has 4 aromatic rings. The predicted molar refractivity (Wildman–Crippen MR) is 106 cm³/mol. The van der Waals surface area contributed by atoms with Crippen molar-refractivity contribution in [1.82, 2.24) is 15.8 Å². The van der Waals surface area contributed by atoms with Crippen molar-refractivity contribution in [2.45, 2.75) is 6.61 Å². The monoisotopic (exact) mass is 387 g/mol. The smallest absolute Gasteiger partial charge is 0.305 e. The molecule has 0 atom stereocenters. The van der Waals surface area contributed by atoms with E-state index in [1.807, 2.05) is 42.5 Å². The number of pyridine rings is 1. The minimum Gasteiger partial charge on any atom is -0.486 e. The third-order valence-electron chi connectivity index (χ3n) is 4.18. The molecular formula is C22H17N3O4. The minimum atomic E-state index is -0.572. The lowest BCUT2D eigenvalue weighted by molar-refractivity contribution is 0.0829. The maximum Gasteiger partial charge on any atom is 0.305 e. The van der Waals surface area contributed by atoms with Crippen LogP contribution in [0.1, 0.15) is 26.7 Å². The van der Waals surface area contributed by atoms with Crippen LogP contribution in [0.25, 0.3) is 10.9 Å². The van der Waals surface area contributed by atoms with Gasteiger partial charge in [0.1, 0.15) is 18.1 Å². The van der Waals surface area contributed by atoms with Gasteiger partial charge in [-0.1, -0.05) is 36.4 Å².